The van der Waals surface area contributed by atoms with E-state index < -0.39 is 71.6 Å². The molecule has 8 aromatic carbocycles. The van der Waals surface area contributed by atoms with Gasteiger partial charge in [0.1, 0.15) is 5.60 Å². The molecule has 0 saturated carbocycles. The third kappa shape index (κ3) is 25.6. The average Bonchev–Trinajstić information content (AvgIpc) is 2.45. The highest BCUT2D eigenvalue weighted by Crippen LogP contribution is 2.74. The smallest absolute Gasteiger partial charge is 0.347 e. The lowest BCUT2D eigenvalue weighted by Crippen LogP contribution is -2.28. The summed E-state index contributed by atoms with van der Waals surface area (Å²) in [5.41, 5.74) is 4.69. The maximum absolute atomic E-state index is 15.0. The Bertz CT molecular complexity index is 3110. The molecule has 0 aliphatic heterocycles. The lowest BCUT2D eigenvalue weighted by molar-refractivity contribution is -0.154. The van der Waals surface area contributed by atoms with Gasteiger partial charge >= 0.3 is 42.3 Å². The van der Waals surface area contributed by atoms with Crippen LogP contribution in [0.3, 0.4) is 0 Å². The zero-order valence-corrected chi connectivity index (χ0v) is 54.7. The molecule has 1 N–H and O–H groups in total. The van der Waals surface area contributed by atoms with E-state index in [2.05, 4.69) is 0 Å². The zero-order valence-electron chi connectivity index (χ0n) is 49.6. The number of hydrogen-bond acceptors (Lipinski definition) is 15. The summed E-state index contributed by atoms with van der Waals surface area (Å²) < 4.78 is 113. The number of halogens is 2. The molecule has 0 amide bonds. The molecule has 0 heterocycles. The molecule has 16 nitrogen and oxygen atoms in total. The standard InChI is InChI=1S/C35H40O8P2.C31H32O8P2.CH2Cl2/c1-35(2,3)43-33(36)24-34(44(37,39-25-29-16-8-4-9-17-29)40-26-30-18-10-5-11-19-30)45(38,41-27-31-20-12-6-13-21-31)42-28-32-22-14-7-15-23-32;32-30(33)21-31(40(34,36-22-26-13-5-1-6-14-26)37-23-27-15-7-2-8-16-27)41(35,38-24-28-17-9-3-10-18-28)39-25-29-19-11-4-12-20-29;2-1-3/h4-23,34H,24-28H2,1-3H3;1-20,31H,21-25H2,(H,32,33);1H2. The number of carbonyl (C=O) groups excluding carboxylic acids is 1. The molecule has 0 aromatic heterocycles. The van der Waals surface area contributed by atoms with E-state index in [1.807, 2.05) is 146 Å². The van der Waals surface area contributed by atoms with Crippen LogP contribution in [0.2, 0.25) is 0 Å². The van der Waals surface area contributed by atoms with Crippen molar-refractivity contribution in [2.24, 2.45) is 0 Å². The minimum atomic E-state index is -4.47. The van der Waals surface area contributed by atoms with Crippen molar-refractivity contribution in [3.8, 4) is 0 Å². The number of carbonyl (C=O) groups is 2. The van der Waals surface area contributed by atoms with Gasteiger partial charge in [0.05, 0.1) is 71.0 Å². The first-order valence-electron chi connectivity index (χ1n) is 28.2. The number of carboxylic acid groups (broad SMARTS) is 1. The van der Waals surface area contributed by atoms with Gasteiger partial charge in [-0.15, -0.1) is 23.2 Å². The molecule has 22 heteroatoms. The van der Waals surface area contributed by atoms with Gasteiger partial charge in [0, 0.05) is 0 Å². The quantitative estimate of drug-likeness (QED) is 0.0236. The molecule has 0 radical (unpaired) electrons. The Morgan fingerprint density at radius 1 is 0.337 bits per heavy atom. The number of rotatable bonds is 32. The van der Waals surface area contributed by atoms with Gasteiger partial charge in [-0.05, 0) is 65.3 Å². The average molecular weight is 1330 g/mol. The maximum atomic E-state index is 15.0. The van der Waals surface area contributed by atoms with Gasteiger partial charge in [-0.3, -0.25) is 27.8 Å². The highest BCUT2D eigenvalue weighted by atomic mass is 35.5. The molecule has 8 rings (SSSR count). The molecule has 0 fully saturated rings. The maximum Gasteiger partial charge on any atom is 0.347 e. The Morgan fingerprint density at radius 2 is 0.494 bits per heavy atom. The van der Waals surface area contributed by atoms with Crippen LogP contribution in [0.4, 0.5) is 0 Å². The topological polar surface area (TPSA) is 206 Å². The van der Waals surface area contributed by atoms with Crippen LogP contribution >= 0.6 is 53.6 Å². The summed E-state index contributed by atoms with van der Waals surface area (Å²) in [6.45, 7) is 3.97. The van der Waals surface area contributed by atoms with Crippen LogP contribution in [0.5, 0.6) is 0 Å². The van der Waals surface area contributed by atoms with Gasteiger partial charge in [-0.1, -0.05) is 243 Å². The van der Waals surface area contributed by atoms with Crippen LogP contribution in [-0.4, -0.2) is 38.8 Å². The van der Waals surface area contributed by atoms with Gasteiger partial charge in [0.25, 0.3) is 0 Å². The summed E-state index contributed by atoms with van der Waals surface area (Å²) in [7, 11) is -17.9. The lowest BCUT2D eigenvalue weighted by Gasteiger charge is -2.32. The number of hydrogen-bond donors (Lipinski definition) is 1. The summed E-state index contributed by atoms with van der Waals surface area (Å²) >= 11 is 9.53. The summed E-state index contributed by atoms with van der Waals surface area (Å²) in [5, 5.41) is 6.70. The van der Waals surface area contributed by atoms with Crippen molar-refractivity contribution >= 4 is 65.5 Å². The third-order valence-corrected chi connectivity index (χ3v) is 23.6. The van der Waals surface area contributed by atoms with Gasteiger partial charge in [-0.2, -0.15) is 0 Å². The van der Waals surface area contributed by atoms with Gasteiger partial charge in [0.2, 0.25) is 0 Å². The van der Waals surface area contributed by atoms with Crippen molar-refractivity contribution in [1.29, 1.82) is 0 Å². The second-order valence-electron chi connectivity index (χ2n) is 20.7. The number of esters is 1. The fourth-order valence-corrected chi connectivity index (χ4v) is 18.4. The van der Waals surface area contributed by atoms with Crippen molar-refractivity contribution in [3.05, 3.63) is 287 Å². The molecular formula is C67H74Cl2O16P4. The summed E-state index contributed by atoms with van der Waals surface area (Å²) in [4.78, 5) is 25.5. The molecule has 8 aromatic rings. The van der Waals surface area contributed by atoms with Crippen LogP contribution in [0, 0.1) is 0 Å². The minimum absolute atomic E-state index is 0.130. The molecular weight excluding hydrogens is 1260 g/mol. The molecule has 0 saturated heterocycles. The van der Waals surface area contributed by atoms with Crippen molar-refractivity contribution in [2.45, 2.75) is 103 Å². The molecule has 0 unspecified atom stereocenters. The molecule has 0 atom stereocenters. The van der Waals surface area contributed by atoms with E-state index in [-0.39, 0.29) is 58.2 Å². The molecule has 472 valence electrons. The van der Waals surface area contributed by atoms with E-state index in [0.29, 0.717) is 44.5 Å². The van der Waals surface area contributed by atoms with Crippen LogP contribution in [0.15, 0.2) is 243 Å². The molecule has 0 spiro atoms. The minimum Gasteiger partial charge on any atom is -0.481 e. The first-order valence-corrected chi connectivity index (χ1v) is 35.8. The normalized spacial score (nSPS) is 11.9. The Hall–Kier alpha value is -6.12. The number of ether oxygens (including phenoxy) is 1. The number of benzene rings is 8. The van der Waals surface area contributed by atoms with Crippen LogP contribution in [0.25, 0.3) is 0 Å². The Kier molecular flexibility index (Phi) is 30.1. The first kappa shape index (κ1) is 71.9. The number of alkyl halides is 2. The van der Waals surface area contributed by atoms with Gasteiger partial charge in [0.15, 0.2) is 10.8 Å². The summed E-state index contributed by atoms with van der Waals surface area (Å²) in [6.07, 6.45) is -1.43. The fraction of sp³-hybridized carbons (Fsp3) is 0.254. The predicted molar refractivity (Wildman–Crippen MR) is 347 cm³/mol. The Balaban J connectivity index is 0.000000273. The third-order valence-electron chi connectivity index (χ3n) is 12.6. The van der Waals surface area contributed by atoms with Gasteiger partial charge in [-0.25, -0.2) is 0 Å². The summed E-state index contributed by atoms with van der Waals surface area (Å²) in [5.74, 6) is -2.10. The Labute approximate surface area is 531 Å². The number of carboxylic acids is 1. The predicted octanol–water partition coefficient (Wildman–Crippen LogP) is 18.8. The van der Waals surface area contributed by atoms with Crippen molar-refractivity contribution in [1.82, 2.24) is 0 Å². The first-order chi connectivity index (χ1) is 42.8. The van der Waals surface area contributed by atoms with E-state index in [1.165, 1.54) is 0 Å². The van der Waals surface area contributed by atoms with E-state index in [1.54, 1.807) is 118 Å². The SMILES string of the molecule is CC(C)(C)OC(=O)CC(P(=O)(OCc1ccccc1)OCc1ccccc1)P(=O)(OCc1ccccc1)OCc1ccccc1.ClCCl.O=C(O)CC(P(=O)(OCc1ccccc1)OCc1ccccc1)P(=O)(OCc1ccccc1)OCc1ccccc1. The van der Waals surface area contributed by atoms with Crippen LogP contribution < -0.4 is 0 Å². The van der Waals surface area contributed by atoms with E-state index >= 15 is 9.13 Å². The van der Waals surface area contributed by atoms with Crippen molar-refractivity contribution in [3.63, 3.8) is 0 Å². The van der Waals surface area contributed by atoms with Gasteiger partial charge < -0.3 is 46.0 Å². The van der Waals surface area contributed by atoms with E-state index in [0.717, 1.165) is 0 Å². The second kappa shape index (κ2) is 37.3. The molecule has 0 aliphatic carbocycles. The lowest BCUT2D eigenvalue weighted by atomic mass is 10.2. The van der Waals surface area contributed by atoms with Crippen LogP contribution in [0.1, 0.15) is 78.1 Å². The monoisotopic (exact) mass is 1330 g/mol. The van der Waals surface area contributed by atoms with Crippen LogP contribution in [-0.2, 0) is 122 Å². The zero-order chi connectivity index (χ0) is 63.9. The van der Waals surface area contributed by atoms with E-state index in [9.17, 15) is 23.8 Å². The second-order valence-corrected chi connectivity index (χ2v) is 31.2. The van der Waals surface area contributed by atoms with E-state index in [4.69, 9.17) is 64.1 Å². The highest BCUT2D eigenvalue weighted by molar-refractivity contribution is 7.73. The molecule has 0 bridgehead atoms. The molecule has 0 aliphatic rings. The number of aliphatic carboxylic acids is 1. The van der Waals surface area contributed by atoms with Crippen molar-refractivity contribution < 1.29 is 73.9 Å². The summed E-state index contributed by atoms with van der Waals surface area (Å²) in [6, 6.07) is 72.2. The molecule has 89 heavy (non-hydrogen) atoms. The fourth-order valence-electron chi connectivity index (χ4n) is 8.23. The largest absolute Gasteiger partial charge is 0.481 e. The highest BCUT2D eigenvalue weighted by Gasteiger charge is 2.54. The van der Waals surface area contributed by atoms with Crippen molar-refractivity contribution in [2.75, 3.05) is 5.34 Å². The Morgan fingerprint density at radius 3 is 0.640 bits per heavy atom.